The molecule has 3 rings (SSSR count). The molecule has 4 atom stereocenters. The standard InChI is InChI=1S/C12H15N5O6S/c13-9-6-10(16-12(15-9)24-2-5(19)20)17(3-14-6)11-8(22)7(21)4(1-18)23-11/h3-4,7-8,11,18,21-22H,1-2H2,(H,19,20)(H2,13,15,16)/t4-,7-,8-,11-/m1/s1. The van der Waals surface area contributed by atoms with Crippen LogP contribution in [0.5, 0.6) is 0 Å². The van der Waals surface area contributed by atoms with Gasteiger partial charge in [0, 0.05) is 0 Å². The van der Waals surface area contributed by atoms with Gasteiger partial charge in [0.25, 0.3) is 0 Å². The van der Waals surface area contributed by atoms with E-state index in [2.05, 4.69) is 15.0 Å². The van der Waals surface area contributed by atoms with E-state index in [4.69, 9.17) is 20.7 Å². The van der Waals surface area contributed by atoms with Crippen molar-refractivity contribution in [3.8, 4) is 0 Å². The van der Waals surface area contributed by atoms with Gasteiger partial charge in [0.05, 0.1) is 18.7 Å². The number of carboxylic acids is 1. The van der Waals surface area contributed by atoms with E-state index in [9.17, 15) is 15.0 Å². The summed E-state index contributed by atoms with van der Waals surface area (Å²) in [6, 6.07) is 0. The van der Waals surface area contributed by atoms with Crippen LogP contribution < -0.4 is 5.73 Å². The maximum Gasteiger partial charge on any atom is 0.313 e. The van der Waals surface area contributed by atoms with E-state index in [0.29, 0.717) is 0 Å². The van der Waals surface area contributed by atoms with Gasteiger partial charge in [0.15, 0.2) is 22.8 Å². The van der Waals surface area contributed by atoms with E-state index in [1.165, 1.54) is 10.9 Å². The third-order valence-electron chi connectivity index (χ3n) is 3.54. The van der Waals surface area contributed by atoms with Crippen LogP contribution in [-0.4, -0.2) is 76.6 Å². The topological polar surface area (TPSA) is 177 Å². The summed E-state index contributed by atoms with van der Waals surface area (Å²) in [6.07, 6.45) is -3.21. The van der Waals surface area contributed by atoms with Gasteiger partial charge < -0.3 is 30.9 Å². The SMILES string of the molecule is Nc1nc(SCC(=O)O)nc2c1ncn2[C@@H]1O[C@H](CO)[C@@H](O)[C@H]1O. The summed E-state index contributed by atoms with van der Waals surface area (Å²) in [7, 11) is 0. The van der Waals surface area contributed by atoms with Gasteiger partial charge in [-0.25, -0.2) is 15.0 Å². The number of nitrogen functional groups attached to an aromatic ring is 1. The Bertz CT molecular complexity index is 770. The van der Waals surface area contributed by atoms with Crippen LogP contribution in [0, 0.1) is 0 Å². The number of aliphatic carboxylic acids is 1. The highest BCUT2D eigenvalue weighted by Gasteiger charge is 2.44. The normalized spacial score (nSPS) is 27.0. The van der Waals surface area contributed by atoms with Gasteiger partial charge >= 0.3 is 5.97 Å². The molecule has 0 amide bonds. The first kappa shape index (κ1) is 16.9. The number of aliphatic hydroxyl groups excluding tert-OH is 3. The molecule has 130 valence electrons. The molecular weight excluding hydrogens is 342 g/mol. The highest BCUT2D eigenvalue weighted by atomic mass is 32.2. The second kappa shape index (κ2) is 6.49. The van der Waals surface area contributed by atoms with Crippen molar-refractivity contribution in [3.05, 3.63) is 6.33 Å². The third kappa shape index (κ3) is 2.89. The van der Waals surface area contributed by atoms with Gasteiger partial charge in [-0.2, -0.15) is 0 Å². The second-order valence-electron chi connectivity index (χ2n) is 5.13. The van der Waals surface area contributed by atoms with Crippen molar-refractivity contribution < 1.29 is 30.0 Å². The van der Waals surface area contributed by atoms with E-state index in [1.807, 2.05) is 0 Å². The minimum atomic E-state index is -1.30. The van der Waals surface area contributed by atoms with Crippen LogP contribution in [0.4, 0.5) is 5.82 Å². The Morgan fingerprint density at radius 3 is 2.75 bits per heavy atom. The van der Waals surface area contributed by atoms with Crippen LogP contribution in [0.25, 0.3) is 11.2 Å². The molecule has 12 heteroatoms. The summed E-state index contributed by atoms with van der Waals surface area (Å²) >= 11 is 0.883. The Hall–Kier alpha value is -1.99. The molecule has 1 fully saturated rings. The highest BCUT2D eigenvalue weighted by Crippen LogP contribution is 2.32. The number of nitrogens with zero attached hydrogens (tertiary/aromatic N) is 4. The van der Waals surface area contributed by atoms with Crippen LogP contribution in [0.1, 0.15) is 6.23 Å². The van der Waals surface area contributed by atoms with E-state index in [1.54, 1.807) is 0 Å². The largest absolute Gasteiger partial charge is 0.481 e. The van der Waals surface area contributed by atoms with E-state index in [-0.39, 0.29) is 27.9 Å². The molecular formula is C12H15N5O6S. The average molecular weight is 357 g/mol. The molecule has 0 bridgehead atoms. The molecule has 1 aliphatic rings. The molecule has 0 saturated carbocycles. The predicted octanol–water partition coefficient (Wildman–Crippen LogP) is -1.80. The Kier molecular flexibility index (Phi) is 4.56. The maximum atomic E-state index is 10.7. The molecule has 0 unspecified atom stereocenters. The number of hydrogen-bond acceptors (Lipinski definition) is 10. The predicted molar refractivity (Wildman–Crippen MR) is 81.1 cm³/mol. The van der Waals surface area contributed by atoms with Crippen molar-refractivity contribution in [2.24, 2.45) is 0 Å². The van der Waals surface area contributed by atoms with Gasteiger partial charge in [-0.05, 0) is 0 Å². The number of carbonyl (C=O) groups is 1. The number of nitrogens with two attached hydrogens (primary N) is 1. The lowest BCUT2D eigenvalue weighted by Gasteiger charge is -2.16. The number of anilines is 1. The number of aliphatic hydroxyl groups is 3. The molecule has 2 aromatic heterocycles. The molecule has 11 nitrogen and oxygen atoms in total. The van der Waals surface area contributed by atoms with Crippen LogP contribution >= 0.6 is 11.8 Å². The van der Waals surface area contributed by atoms with Crippen LogP contribution in [-0.2, 0) is 9.53 Å². The van der Waals surface area contributed by atoms with Crippen molar-refractivity contribution in [3.63, 3.8) is 0 Å². The molecule has 2 aromatic rings. The molecule has 6 N–H and O–H groups in total. The summed E-state index contributed by atoms with van der Waals surface area (Å²) in [4.78, 5) is 22.9. The summed E-state index contributed by atoms with van der Waals surface area (Å²) in [5.74, 6) is -1.22. The first-order chi connectivity index (χ1) is 11.4. The van der Waals surface area contributed by atoms with E-state index < -0.39 is 37.1 Å². The van der Waals surface area contributed by atoms with Crippen molar-refractivity contribution in [1.29, 1.82) is 0 Å². The molecule has 1 aliphatic heterocycles. The number of hydrogen-bond donors (Lipinski definition) is 5. The Labute approximate surface area is 139 Å². The zero-order valence-corrected chi connectivity index (χ0v) is 13.0. The third-order valence-corrected chi connectivity index (χ3v) is 4.38. The molecule has 0 radical (unpaired) electrons. The number of thioether (sulfide) groups is 1. The van der Waals surface area contributed by atoms with Gasteiger partial charge in [-0.1, -0.05) is 11.8 Å². The number of aromatic nitrogens is 4. The van der Waals surface area contributed by atoms with Gasteiger partial charge in [0.2, 0.25) is 0 Å². The smallest absolute Gasteiger partial charge is 0.313 e. The zero-order chi connectivity index (χ0) is 17.4. The lowest BCUT2D eigenvalue weighted by molar-refractivity contribution is -0.133. The van der Waals surface area contributed by atoms with E-state index in [0.717, 1.165) is 11.8 Å². The fourth-order valence-electron chi connectivity index (χ4n) is 2.40. The van der Waals surface area contributed by atoms with Crippen molar-refractivity contribution in [2.45, 2.75) is 29.7 Å². The first-order valence-corrected chi connectivity index (χ1v) is 7.88. The molecule has 1 saturated heterocycles. The molecule has 0 aliphatic carbocycles. The Balaban J connectivity index is 1.98. The highest BCUT2D eigenvalue weighted by molar-refractivity contribution is 7.99. The summed E-state index contributed by atoms with van der Waals surface area (Å²) in [6.45, 7) is -0.460. The molecule has 0 spiro atoms. The van der Waals surface area contributed by atoms with Crippen molar-refractivity contribution >= 4 is 34.7 Å². The minimum Gasteiger partial charge on any atom is -0.481 e. The fourth-order valence-corrected chi connectivity index (χ4v) is 2.97. The number of rotatable bonds is 5. The number of fused-ring (bicyclic) bond motifs is 1. The number of imidazole rings is 1. The lowest BCUT2D eigenvalue weighted by Crippen LogP contribution is -2.33. The summed E-state index contributed by atoms with van der Waals surface area (Å²) in [5.41, 5.74) is 6.29. The average Bonchev–Trinajstić information content (AvgIpc) is 3.08. The lowest BCUT2D eigenvalue weighted by atomic mass is 10.1. The maximum absolute atomic E-state index is 10.7. The first-order valence-electron chi connectivity index (χ1n) is 6.89. The van der Waals surface area contributed by atoms with Gasteiger partial charge in [-0.3, -0.25) is 9.36 Å². The second-order valence-corrected chi connectivity index (χ2v) is 6.07. The Morgan fingerprint density at radius 2 is 2.12 bits per heavy atom. The van der Waals surface area contributed by atoms with Gasteiger partial charge in [-0.15, -0.1) is 0 Å². The van der Waals surface area contributed by atoms with E-state index >= 15 is 0 Å². The Morgan fingerprint density at radius 1 is 1.38 bits per heavy atom. The van der Waals surface area contributed by atoms with Gasteiger partial charge in [0.1, 0.15) is 23.8 Å². The molecule has 3 heterocycles. The quantitative estimate of drug-likeness (QED) is 0.301. The number of ether oxygens (including phenoxy) is 1. The summed E-state index contributed by atoms with van der Waals surface area (Å²) in [5, 5.41) is 38.0. The minimum absolute atomic E-state index is 0.0541. The van der Waals surface area contributed by atoms with Crippen LogP contribution in [0.15, 0.2) is 11.5 Å². The number of carboxylic acid groups (broad SMARTS) is 1. The zero-order valence-electron chi connectivity index (χ0n) is 12.2. The summed E-state index contributed by atoms with van der Waals surface area (Å²) < 4.78 is 6.80. The van der Waals surface area contributed by atoms with Crippen LogP contribution in [0.3, 0.4) is 0 Å². The van der Waals surface area contributed by atoms with Crippen LogP contribution in [0.2, 0.25) is 0 Å². The van der Waals surface area contributed by atoms with Crippen molar-refractivity contribution in [2.75, 3.05) is 18.1 Å². The monoisotopic (exact) mass is 357 g/mol. The fraction of sp³-hybridized carbons (Fsp3) is 0.500. The molecule has 0 aromatic carbocycles. The van der Waals surface area contributed by atoms with Crippen molar-refractivity contribution in [1.82, 2.24) is 19.5 Å². The molecule has 24 heavy (non-hydrogen) atoms.